The molecule has 0 saturated carbocycles. The van der Waals surface area contributed by atoms with Crippen LogP contribution in [0, 0.1) is 0 Å². The van der Waals surface area contributed by atoms with Gasteiger partial charge in [0.1, 0.15) is 6.54 Å². The molecule has 0 atom stereocenters. The zero-order valence-electron chi connectivity index (χ0n) is 10.8. The molecule has 108 valence electrons. The molecule has 0 aliphatic carbocycles. The summed E-state index contributed by atoms with van der Waals surface area (Å²) in [7, 11) is 2.61. The largest absolute Gasteiger partial charge is 0.478 e. The number of benzene rings is 1. The number of carbonyl (C=O) groups excluding carboxylic acids is 2. The van der Waals surface area contributed by atoms with E-state index in [4.69, 9.17) is 5.11 Å². The Balaban J connectivity index is 2.85. The fourth-order valence-electron chi connectivity index (χ4n) is 1.34. The zero-order chi connectivity index (χ0) is 15.3. The van der Waals surface area contributed by atoms with E-state index in [9.17, 15) is 14.4 Å². The number of halogens is 1. The first-order chi connectivity index (χ1) is 9.35. The molecular weight excluding hydrogens is 332 g/mol. The van der Waals surface area contributed by atoms with E-state index >= 15 is 0 Å². The number of rotatable bonds is 4. The summed E-state index contributed by atoms with van der Waals surface area (Å²) >= 11 is 3.15. The molecule has 1 rings (SSSR count). The summed E-state index contributed by atoms with van der Waals surface area (Å²) in [6, 6.07) is 3.82. The second kappa shape index (κ2) is 6.90. The number of nitrogens with zero attached hydrogens (tertiary/aromatic N) is 1. The molecule has 0 aliphatic rings. The number of carbonyl (C=O) groups is 3. The maximum Gasteiger partial charge on any atom is 0.337 e. The summed E-state index contributed by atoms with van der Waals surface area (Å²) in [5, 5.41) is 11.5. The van der Waals surface area contributed by atoms with Gasteiger partial charge in [0.05, 0.1) is 18.4 Å². The van der Waals surface area contributed by atoms with Crippen LogP contribution in [-0.2, 0) is 9.53 Å². The number of ether oxygens (including phenoxy) is 1. The molecule has 0 unspecified atom stereocenters. The number of hydrogen-bond acceptors (Lipinski definition) is 4. The first-order valence-corrected chi connectivity index (χ1v) is 6.26. The smallest absolute Gasteiger partial charge is 0.337 e. The number of hydrogen-bond donors (Lipinski definition) is 2. The van der Waals surface area contributed by atoms with E-state index in [2.05, 4.69) is 26.0 Å². The Morgan fingerprint density at radius 3 is 2.60 bits per heavy atom. The Morgan fingerprint density at radius 1 is 1.40 bits per heavy atom. The van der Waals surface area contributed by atoms with Gasteiger partial charge in [-0.05, 0) is 18.2 Å². The second-order valence-electron chi connectivity index (χ2n) is 3.86. The molecule has 7 nitrogen and oxygen atoms in total. The highest BCUT2D eigenvalue weighted by Gasteiger charge is 2.17. The standard InChI is InChI=1S/C12H13BrN2O5/c1-15(6-10(16)20-2)12(19)14-9-4-3-7(13)5-8(9)11(17)18/h3-5H,6H2,1-2H3,(H,14,19)(H,17,18). The van der Waals surface area contributed by atoms with Crippen LogP contribution in [0.3, 0.4) is 0 Å². The fraction of sp³-hybridized carbons (Fsp3) is 0.250. The van der Waals surface area contributed by atoms with Crippen LogP contribution in [-0.4, -0.2) is 48.7 Å². The van der Waals surface area contributed by atoms with Crippen LogP contribution in [0.2, 0.25) is 0 Å². The van der Waals surface area contributed by atoms with Crippen LogP contribution < -0.4 is 5.32 Å². The van der Waals surface area contributed by atoms with E-state index in [-0.39, 0.29) is 17.8 Å². The van der Waals surface area contributed by atoms with Crippen molar-refractivity contribution in [3.63, 3.8) is 0 Å². The van der Waals surface area contributed by atoms with Crippen molar-refractivity contribution in [1.29, 1.82) is 0 Å². The van der Waals surface area contributed by atoms with Crippen molar-refractivity contribution in [2.24, 2.45) is 0 Å². The van der Waals surface area contributed by atoms with Crippen LogP contribution in [0.1, 0.15) is 10.4 Å². The number of anilines is 1. The minimum atomic E-state index is -1.17. The number of urea groups is 1. The fourth-order valence-corrected chi connectivity index (χ4v) is 1.70. The Bertz CT molecular complexity index is 547. The molecule has 1 aromatic carbocycles. The molecule has 20 heavy (non-hydrogen) atoms. The molecule has 0 bridgehead atoms. The van der Waals surface area contributed by atoms with E-state index in [1.54, 1.807) is 6.07 Å². The highest BCUT2D eigenvalue weighted by atomic mass is 79.9. The topological polar surface area (TPSA) is 95.9 Å². The number of methoxy groups -OCH3 is 1. The molecule has 0 fully saturated rings. The van der Waals surface area contributed by atoms with Crippen LogP contribution in [0.4, 0.5) is 10.5 Å². The van der Waals surface area contributed by atoms with Gasteiger partial charge >= 0.3 is 18.0 Å². The van der Waals surface area contributed by atoms with Gasteiger partial charge in [-0.1, -0.05) is 15.9 Å². The van der Waals surface area contributed by atoms with E-state index < -0.39 is 18.0 Å². The Morgan fingerprint density at radius 2 is 2.05 bits per heavy atom. The minimum absolute atomic E-state index is 0.0563. The van der Waals surface area contributed by atoms with E-state index in [1.807, 2.05) is 0 Å². The minimum Gasteiger partial charge on any atom is -0.478 e. The van der Waals surface area contributed by atoms with Crippen molar-refractivity contribution in [2.45, 2.75) is 0 Å². The molecule has 0 saturated heterocycles. The van der Waals surface area contributed by atoms with Gasteiger partial charge in [-0.3, -0.25) is 4.79 Å². The Labute approximate surface area is 123 Å². The molecule has 0 aliphatic heterocycles. The summed E-state index contributed by atoms with van der Waals surface area (Å²) in [5.74, 6) is -1.74. The van der Waals surface area contributed by atoms with Crippen LogP contribution in [0.25, 0.3) is 0 Å². The van der Waals surface area contributed by atoms with Crippen molar-refractivity contribution in [3.8, 4) is 0 Å². The average molecular weight is 345 g/mol. The molecule has 8 heteroatoms. The molecule has 2 amide bonds. The molecule has 1 aromatic rings. The quantitative estimate of drug-likeness (QED) is 0.811. The van der Waals surface area contributed by atoms with E-state index in [1.165, 1.54) is 26.3 Å². The first-order valence-electron chi connectivity index (χ1n) is 5.47. The number of carboxylic acid groups (broad SMARTS) is 1. The molecule has 0 radical (unpaired) electrons. The number of likely N-dealkylation sites (N-methyl/N-ethyl adjacent to an activating group) is 1. The third kappa shape index (κ3) is 4.23. The third-order valence-electron chi connectivity index (χ3n) is 2.39. The monoisotopic (exact) mass is 344 g/mol. The molecule has 0 spiro atoms. The number of nitrogens with one attached hydrogen (secondary N) is 1. The van der Waals surface area contributed by atoms with Crippen molar-refractivity contribution < 1.29 is 24.2 Å². The van der Waals surface area contributed by atoms with Gasteiger partial charge in [0.2, 0.25) is 0 Å². The lowest BCUT2D eigenvalue weighted by Crippen LogP contribution is -2.36. The lowest BCUT2D eigenvalue weighted by molar-refractivity contribution is -0.140. The maximum absolute atomic E-state index is 11.8. The van der Waals surface area contributed by atoms with Gasteiger partial charge in [0.15, 0.2) is 0 Å². The lowest BCUT2D eigenvalue weighted by atomic mass is 10.2. The van der Waals surface area contributed by atoms with Crippen LogP contribution >= 0.6 is 15.9 Å². The predicted molar refractivity (Wildman–Crippen MR) is 74.8 cm³/mol. The van der Waals surface area contributed by atoms with Gasteiger partial charge in [0, 0.05) is 11.5 Å². The van der Waals surface area contributed by atoms with Gasteiger partial charge in [0.25, 0.3) is 0 Å². The molecule has 2 N–H and O–H groups in total. The van der Waals surface area contributed by atoms with E-state index in [0.717, 1.165) is 4.90 Å². The predicted octanol–water partition coefficient (Wildman–Crippen LogP) is 1.78. The number of esters is 1. The van der Waals surface area contributed by atoms with Crippen LogP contribution in [0.5, 0.6) is 0 Å². The summed E-state index contributed by atoms with van der Waals surface area (Å²) < 4.78 is 5.02. The second-order valence-corrected chi connectivity index (χ2v) is 4.77. The first kappa shape index (κ1) is 16.0. The Kier molecular flexibility index (Phi) is 5.51. The summed E-state index contributed by atoms with van der Waals surface area (Å²) in [6.45, 7) is -0.235. The summed E-state index contributed by atoms with van der Waals surface area (Å²) in [6.07, 6.45) is 0. The summed E-state index contributed by atoms with van der Waals surface area (Å²) in [4.78, 5) is 35.1. The van der Waals surface area contributed by atoms with E-state index in [0.29, 0.717) is 4.47 Å². The van der Waals surface area contributed by atoms with Gasteiger partial charge < -0.3 is 20.1 Å². The highest BCUT2D eigenvalue weighted by molar-refractivity contribution is 9.10. The third-order valence-corrected chi connectivity index (χ3v) is 2.89. The highest BCUT2D eigenvalue weighted by Crippen LogP contribution is 2.21. The SMILES string of the molecule is COC(=O)CN(C)C(=O)Nc1ccc(Br)cc1C(=O)O. The zero-order valence-corrected chi connectivity index (χ0v) is 12.4. The Hall–Kier alpha value is -2.09. The molecular formula is C12H13BrN2O5. The van der Waals surface area contributed by atoms with Gasteiger partial charge in [-0.15, -0.1) is 0 Å². The van der Waals surface area contributed by atoms with Crippen molar-refractivity contribution >= 4 is 39.6 Å². The summed E-state index contributed by atoms with van der Waals surface area (Å²) in [5.41, 5.74) is 0.0848. The van der Waals surface area contributed by atoms with Crippen molar-refractivity contribution in [1.82, 2.24) is 4.90 Å². The number of aromatic carboxylic acids is 1. The average Bonchev–Trinajstić information content (AvgIpc) is 2.40. The van der Waals surface area contributed by atoms with Gasteiger partial charge in [-0.2, -0.15) is 0 Å². The maximum atomic E-state index is 11.8. The number of carboxylic acids is 1. The molecule has 0 aromatic heterocycles. The lowest BCUT2D eigenvalue weighted by Gasteiger charge is -2.17. The van der Waals surface area contributed by atoms with Gasteiger partial charge in [-0.25, -0.2) is 9.59 Å². The van der Waals surface area contributed by atoms with Crippen molar-refractivity contribution in [2.75, 3.05) is 26.0 Å². The number of amides is 2. The van der Waals surface area contributed by atoms with Crippen LogP contribution in [0.15, 0.2) is 22.7 Å². The molecule has 0 heterocycles. The normalized spacial score (nSPS) is 9.75. The van der Waals surface area contributed by atoms with Crippen molar-refractivity contribution in [3.05, 3.63) is 28.2 Å².